The van der Waals surface area contributed by atoms with Crippen LogP contribution in [-0.2, 0) is 11.3 Å². The average molecular weight is 522 g/mol. The lowest BCUT2D eigenvalue weighted by molar-refractivity contribution is -0.116. The summed E-state index contributed by atoms with van der Waals surface area (Å²) in [7, 11) is 1.66. The number of aromatic nitrogens is 1. The molecule has 6 nitrogen and oxygen atoms in total. The highest BCUT2D eigenvalue weighted by atomic mass is 127. The number of guanidine groups is 1. The van der Waals surface area contributed by atoms with Gasteiger partial charge in [0.05, 0.1) is 0 Å². The van der Waals surface area contributed by atoms with E-state index in [9.17, 15) is 4.79 Å². The van der Waals surface area contributed by atoms with Gasteiger partial charge in [0.15, 0.2) is 5.96 Å². The van der Waals surface area contributed by atoms with Crippen LogP contribution in [0.5, 0.6) is 0 Å². The lowest BCUT2D eigenvalue weighted by Gasteiger charge is -2.12. The number of hydrogen-bond acceptors (Lipinski definition) is 3. The summed E-state index contributed by atoms with van der Waals surface area (Å²) in [5.74, 6) is 1.00. The summed E-state index contributed by atoms with van der Waals surface area (Å²) in [6, 6.07) is 9.00. The molecule has 1 aromatic heterocycles. The summed E-state index contributed by atoms with van der Waals surface area (Å²) in [4.78, 5) is 20.2. The molecule has 3 N–H and O–H groups in total. The number of hydrogen-bond donors (Lipinski definition) is 3. The average Bonchev–Trinajstić information content (AvgIpc) is 2.61. The van der Waals surface area contributed by atoms with Crippen molar-refractivity contribution < 1.29 is 4.79 Å². The fraction of sp³-hybridized carbons (Fsp3) is 0.278. The molecule has 0 fully saturated rings. The Morgan fingerprint density at radius 3 is 2.59 bits per heavy atom. The highest BCUT2D eigenvalue weighted by Crippen LogP contribution is 2.20. The van der Waals surface area contributed by atoms with Crippen molar-refractivity contribution in [3.8, 4) is 0 Å². The fourth-order valence-corrected chi connectivity index (χ4v) is 2.58. The Labute approximate surface area is 186 Å². The van der Waals surface area contributed by atoms with Crippen LogP contribution in [0.4, 0.5) is 5.82 Å². The van der Waals surface area contributed by atoms with Crippen LogP contribution in [0.2, 0.25) is 10.0 Å². The van der Waals surface area contributed by atoms with Crippen LogP contribution in [0.3, 0.4) is 0 Å². The molecule has 1 amide bonds. The normalized spacial score (nSPS) is 10.7. The van der Waals surface area contributed by atoms with Gasteiger partial charge in [-0.2, -0.15) is 0 Å². The summed E-state index contributed by atoms with van der Waals surface area (Å²) < 4.78 is 0. The molecule has 0 bridgehead atoms. The van der Waals surface area contributed by atoms with Gasteiger partial charge in [-0.3, -0.25) is 9.79 Å². The van der Waals surface area contributed by atoms with E-state index in [1.165, 1.54) is 0 Å². The van der Waals surface area contributed by atoms with E-state index in [2.05, 4.69) is 25.9 Å². The first kappa shape index (κ1) is 23.5. The topological polar surface area (TPSA) is 78.4 Å². The number of anilines is 1. The van der Waals surface area contributed by atoms with E-state index in [4.69, 9.17) is 23.2 Å². The molecule has 0 aliphatic rings. The Balaban J connectivity index is 0.00000364. The zero-order valence-electron chi connectivity index (χ0n) is 15.1. The van der Waals surface area contributed by atoms with Gasteiger partial charge >= 0.3 is 0 Å². The first-order valence-corrected chi connectivity index (χ1v) is 8.84. The molecule has 0 atom stereocenters. The minimum Gasteiger partial charge on any atom is -0.356 e. The maximum Gasteiger partial charge on any atom is 0.227 e. The minimum atomic E-state index is -0.120. The van der Waals surface area contributed by atoms with E-state index in [1.807, 2.05) is 19.1 Å². The standard InChI is InChI=1S/C18H21Cl2N5O.HI/c1-12-3-6-16(23-10-12)25-17(26)7-8-22-18(21-2)24-11-13-4-5-14(19)9-15(13)20;/h3-6,9-10H,7-8,11H2,1-2H3,(H2,21,22,24)(H,23,25,26);1H. The molecule has 1 aromatic carbocycles. The van der Waals surface area contributed by atoms with Crippen molar-refractivity contribution in [2.24, 2.45) is 4.99 Å². The Bertz CT molecular complexity index is 784. The zero-order chi connectivity index (χ0) is 18.9. The van der Waals surface area contributed by atoms with E-state index >= 15 is 0 Å². The number of rotatable bonds is 6. The zero-order valence-corrected chi connectivity index (χ0v) is 18.9. The quantitative estimate of drug-likeness (QED) is 0.305. The second-order valence-corrected chi connectivity index (χ2v) is 6.45. The molecule has 0 aliphatic heterocycles. The molecule has 146 valence electrons. The molecule has 0 spiro atoms. The summed E-state index contributed by atoms with van der Waals surface area (Å²) in [5.41, 5.74) is 1.95. The van der Waals surface area contributed by atoms with Gasteiger partial charge in [0.2, 0.25) is 5.91 Å². The number of nitrogens with one attached hydrogen (secondary N) is 3. The summed E-state index contributed by atoms with van der Waals surface area (Å²) in [6.45, 7) is 2.87. The lowest BCUT2D eigenvalue weighted by atomic mass is 10.2. The minimum absolute atomic E-state index is 0. The SMILES string of the molecule is CN=C(NCCC(=O)Nc1ccc(C)cn1)NCc1ccc(Cl)cc1Cl.I. The van der Waals surface area contributed by atoms with E-state index in [-0.39, 0.29) is 36.3 Å². The highest BCUT2D eigenvalue weighted by Gasteiger charge is 2.06. The van der Waals surface area contributed by atoms with Crippen LogP contribution in [0.25, 0.3) is 0 Å². The van der Waals surface area contributed by atoms with E-state index in [0.717, 1.165) is 11.1 Å². The van der Waals surface area contributed by atoms with Gasteiger partial charge in [-0.25, -0.2) is 4.98 Å². The Morgan fingerprint density at radius 2 is 1.96 bits per heavy atom. The van der Waals surface area contributed by atoms with Gasteiger partial charge in [-0.15, -0.1) is 24.0 Å². The third-order valence-electron chi connectivity index (χ3n) is 3.51. The molecule has 0 aliphatic carbocycles. The number of amides is 1. The Kier molecular flexibility index (Phi) is 10.4. The van der Waals surface area contributed by atoms with Crippen molar-refractivity contribution in [3.05, 3.63) is 57.7 Å². The number of carbonyl (C=O) groups excluding carboxylic acids is 1. The molecular formula is C18H22Cl2IN5O. The van der Waals surface area contributed by atoms with Crippen LogP contribution in [0.1, 0.15) is 17.5 Å². The number of carbonyl (C=O) groups is 1. The van der Waals surface area contributed by atoms with Crippen LogP contribution < -0.4 is 16.0 Å². The molecular weight excluding hydrogens is 500 g/mol. The van der Waals surface area contributed by atoms with Crippen molar-refractivity contribution >= 4 is 64.9 Å². The van der Waals surface area contributed by atoms with Crippen LogP contribution >= 0.6 is 47.2 Å². The number of aryl methyl sites for hydroxylation is 1. The van der Waals surface area contributed by atoms with Gasteiger partial charge in [0.25, 0.3) is 0 Å². The number of pyridine rings is 1. The van der Waals surface area contributed by atoms with E-state index in [1.54, 1.807) is 31.4 Å². The second-order valence-electron chi connectivity index (χ2n) is 5.61. The van der Waals surface area contributed by atoms with Crippen molar-refractivity contribution in [2.75, 3.05) is 18.9 Å². The monoisotopic (exact) mass is 521 g/mol. The predicted octanol–water partition coefficient (Wildman–Crippen LogP) is 4.01. The van der Waals surface area contributed by atoms with Crippen molar-refractivity contribution in [1.82, 2.24) is 15.6 Å². The molecule has 0 radical (unpaired) electrons. The van der Waals surface area contributed by atoms with Gasteiger partial charge in [0.1, 0.15) is 5.82 Å². The summed E-state index contributed by atoms with van der Waals surface area (Å²) in [5, 5.41) is 10.2. The predicted molar refractivity (Wildman–Crippen MR) is 122 cm³/mol. The molecule has 2 aromatic rings. The van der Waals surface area contributed by atoms with Crippen molar-refractivity contribution in [1.29, 1.82) is 0 Å². The van der Waals surface area contributed by atoms with E-state index in [0.29, 0.717) is 34.9 Å². The molecule has 9 heteroatoms. The number of nitrogens with zero attached hydrogens (tertiary/aromatic N) is 2. The molecule has 1 heterocycles. The first-order valence-electron chi connectivity index (χ1n) is 8.09. The Hall–Kier alpha value is -1.58. The number of halogens is 3. The number of benzene rings is 1. The third kappa shape index (κ3) is 8.32. The van der Waals surface area contributed by atoms with Crippen LogP contribution in [-0.4, -0.2) is 30.4 Å². The Morgan fingerprint density at radius 1 is 1.19 bits per heavy atom. The van der Waals surface area contributed by atoms with Crippen LogP contribution in [0, 0.1) is 6.92 Å². The van der Waals surface area contributed by atoms with Gasteiger partial charge in [0, 0.05) is 42.8 Å². The third-order valence-corrected chi connectivity index (χ3v) is 4.10. The molecule has 0 unspecified atom stereocenters. The highest BCUT2D eigenvalue weighted by molar-refractivity contribution is 14.0. The van der Waals surface area contributed by atoms with Gasteiger partial charge in [-0.05, 0) is 36.2 Å². The molecule has 2 rings (SSSR count). The second kappa shape index (κ2) is 12.0. The first-order chi connectivity index (χ1) is 12.5. The van der Waals surface area contributed by atoms with Gasteiger partial charge < -0.3 is 16.0 Å². The van der Waals surface area contributed by atoms with Gasteiger partial charge in [-0.1, -0.05) is 35.3 Å². The maximum absolute atomic E-state index is 11.9. The fourth-order valence-electron chi connectivity index (χ4n) is 2.11. The molecule has 0 saturated heterocycles. The number of aliphatic imine (C=N–C) groups is 1. The van der Waals surface area contributed by atoms with Crippen molar-refractivity contribution in [3.63, 3.8) is 0 Å². The lowest BCUT2D eigenvalue weighted by Crippen LogP contribution is -2.38. The summed E-state index contributed by atoms with van der Waals surface area (Å²) in [6.07, 6.45) is 2.00. The molecule has 0 saturated carbocycles. The maximum atomic E-state index is 11.9. The van der Waals surface area contributed by atoms with E-state index < -0.39 is 0 Å². The largest absolute Gasteiger partial charge is 0.356 e. The van der Waals surface area contributed by atoms with Crippen molar-refractivity contribution in [2.45, 2.75) is 19.9 Å². The van der Waals surface area contributed by atoms with Crippen LogP contribution in [0.15, 0.2) is 41.5 Å². The smallest absolute Gasteiger partial charge is 0.227 e. The molecule has 27 heavy (non-hydrogen) atoms. The summed E-state index contributed by atoms with van der Waals surface area (Å²) >= 11 is 12.0.